The van der Waals surface area contributed by atoms with Crippen LogP contribution in [0.5, 0.6) is 23.0 Å². The third-order valence-electron chi connectivity index (χ3n) is 15.1. The monoisotopic (exact) mass is 1150 g/mol. The molecule has 0 fully saturated rings. The predicted octanol–water partition coefficient (Wildman–Crippen LogP) is 7.92. The SMILES string of the molecule is CCCOc1c2cc(COC)cc1Cc1cc(C[n+]3ccn(-c4c(C)cc(C)cc4C)c3)cc(c1OCCC)Cc1cc(COC)cc(c1OCCC)Cc1cc(C[n+]3ccn(-c4c(C)cc(C)cc4C)c3)cc(c1OCCC)C2.[Cl-].[Cl-]. The van der Waals surface area contributed by atoms with Gasteiger partial charge in [0.05, 0.1) is 39.6 Å². The molecule has 1 aliphatic carbocycles. The lowest BCUT2D eigenvalue weighted by Gasteiger charge is -2.24. The molecule has 0 saturated carbocycles. The molecule has 12 heteroatoms. The summed E-state index contributed by atoms with van der Waals surface area (Å²) in [5, 5.41) is 0. The average molecular weight is 1150 g/mol. The summed E-state index contributed by atoms with van der Waals surface area (Å²) in [4.78, 5) is 0. The Morgan fingerprint density at radius 3 is 0.878 bits per heavy atom. The van der Waals surface area contributed by atoms with Crippen molar-refractivity contribution in [1.29, 1.82) is 0 Å². The van der Waals surface area contributed by atoms with Crippen molar-refractivity contribution in [3.05, 3.63) is 210 Å². The molecule has 0 amide bonds. The number of rotatable bonds is 22. The maximum atomic E-state index is 7.04. The van der Waals surface area contributed by atoms with Crippen LogP contribution >= 0.6 is 0 Å². The first-order valence-electron chi connectivity index (χ1n) is 29.2. The van der Waals surface area contributed by atoms with E-state index < -0.39 is 0 Å². The molecule has 9 rings (SSSR count). The number of fused-ring (bicyclic) bond motifs is 8. The number of halogens is 2. The Morgan fingerprint density at radius 1 is 0.378 bits per heavy atom. The number of ether oxygens (including phenoxy) is 6. The van der Waals surface area contributed by atoms with E-state index in [2.05, 4.69) is 198 Å². The Balaban J connectivity index is 0.00000484. The third kappa shape index (κ3) is 14.8. The van der Waals surface area contributed by atoms with Gasteiger partial charge in [0.1, 0.15) is 72.2 Å². The van der Waals surface area contributed by atoms with E-state index in [9.17, 15) is 0 Å². The van der Waals surface area contributed by atoms with Crippen LogP contribution in [0.3, 0.4) is 0 Å². The Kier molecular flexibility index (Phi) is 22.4. The summed E-state index contributed by atoms with van der Waals surface area (Å²) in [5.41, 5.74) is 23.4. The zero-order valence-electron chi connectivity index (χ0n) is 50.7. The van der Waals surface area contributed by atoms with Crippen LogP contribution in [0.1, 0.15) is 154 Å². The van der Waals surface area contributed by atoms with Crippen molar-refractivity contribution in [3.63, 3.8) is 0 Å². The fraction of sp³-hybridized carbons (Fsp3) is 0.400. The standard InChI is InChI=1S/C70H86N4O6.2ClH/c1-13-21-77-67-57-29-53(41-71-17-19-73(45-71)65-49(7)25-47(5)26-50(65)8)30-58(67)38-62-34-56(44-76-12)36-64(70(62)80-24-16-4)40-60-32-54(42-72-18-20-74(46-72)66-51(9)27-48(6)28-52(66)10)31-59(68(60)78-22-14-2)39-63-35-55(43-75-11)33-61(37-57)69(63)79-23-15-3;;/h17-20,25-36,45-46H,13-16,21-24,37-44H2,1-12H3;2*1H/q+2;;/p-2. The Hall–Kier alpha value is -6.56. The normalized spacial score (nSPS) is 12.0. The molecule has 8 bridgehead atoms. The van der Waals surface area contributed by atoms with E-state index >= 15 is 0 Å². The van der Waals surface area contributed by atoms with Gasteiger partial charge in [0.15, 0.2) is 0 Å². The molecule has 2 heterocycles. The minimum Gasteiger partial charge on any atom is -1.00 e. The van der Waals surface area contributed by atoms with Crippen molar-refractivity contribution in [2.75, 3.05) is 40.6 Å². The maximum Gasteiger partial charge on any atom is 0.249 e. The summed E-state index contributed by atoms with van der Waals surface area (Å²) in [7, 11) is 3.56. The van der Waals surface area contributed by atoms with Crippen LogP contribution < -0.4 is 52.9 Å². The highest BCUT2D eigenvalue weighted by Crippen LogP contribution is 2.41. The lowest BCUT2D eigenvalue weighted by atomic mass is 9.88. The van der Waals surface area contributed by atoms with Crippen LogP contribution in [0.2, 0.25) is 0 Å². The predicted molar refractivity (Wildman–Crippen MR) is 320 cm³/mol. The second-order valence-electron chi connectivity index (χ2n) is 22.4. The average Bonchev–Trinajstić information content (AvgIpc) is 4.16. The largest absolute Gasteiger partial charge is 1.00 e. The fourth-order valence-electron chi connectivity index (χ4n) is 12.2. The van der Waals surface area contributed by atoms with Crippen LogP contribution in [-0.2, 0) is 61.5 Å². The number of hydrogen-bond acceptors (Lipinski definition) is 6. The number of imidazole rings is 2. The van der Waals surface area contributed by atoms with Gasteiger partial charge in [-0.05, 0) is 205 Å². The first-order valence-corrected chi connectivity index (χ1v) is 29.2. The summed E-state index contributed by atoms with van der Waals surface area (Å²) in [6.07, 6.45) is 19.0. The first-order chi connectivity index (χ1) is 38.8. The minimum absolute atomic E-state index is 0. The van der Waals surface area contributed by atoms with Gasteiger partial charge in [-0.25, -0.2) is 18.3 Å². The molecule has 0 N–H and O–H groups in total. The molecule has 0 atom stereocenters. The number of hydrogen-bond donors (Lipinski definition) is 0. The van der Waals surface area contributed by atoms with Crippen LogP contribution in [0, 0.1) is 41.5 Å². The molecule has 8 aromatic rings. The molecule has 2 aromatic heterocycles. The Labute approximate surface area is 501 Å². The minimum atomic E-state index is 0. The van der Waals surface area contributed by atoms with E-state index in [0.717, 1.165) is 104 Å². The van der Waals surface area contributed by atoms with Crippen molar-refractivity contribution < 1.29 is 62.4 Å². The van der Waals surface area contributed by atoms with E-state index in [-0.39, 0.29) is 24.8 Å². The van der Waals surface area contributed by atoms with Gasteiger partial charge in [0, 0.05) is 39.9 Å². The fourth-order valence-corrected chi connectivity index (χ4v) is 12.2. The molecule has 0 saturated heterocycles. The summed E-state index contributed by atoms with van der Waals surface area (Å²) in [6, 6.07) is 27.7. The van der Waals surface area contributed by atoms with Crippen LogP contribution in [0.15, 0.2) is 110 Å². The Morgan fingerprint density at radius 2 is 0.634 bits per heavy atom. The number of benzene rings is 6. The smallest absolute Gasteiger partial charge is 0.249 e. The van der Waals surface area contributed by atoms with E-state index in [1.54, 1.807) is 14.2 Å². The zero-order valence-corrected chi connectivity index (χ0v) is 52.2. The second-order valence-corrected chi connectivity index (χ2v) is 22.4. The quantitative estimate of drug-likeness (QED) is 0.0643. The zero-order chi connectivity index (χ0) is 56.5. The van der Waals surface area contributed by atoms with Crippen LogP contribution in [-0.4, -0.2) is 49.8 Å². The van der Waals surface area contributed by atoms with Crippen LogP contribution in [0.25, 0.3) is 11.4 Å². The Bertz CT molecular complexity index is 3100. The van der Waals surface area contributed by atoms with Gasteiger partial charge in [-0.3, -0.25) is 0 Å². The molecular formula is C70H86Cl2N4O6. The summed E-state index contributed by atoms with van der Waals surface area (Å²) in [5.74, 6) is 3.66. The topological polar surface area (TPSA) is 73.0 Å². The van der Waals surface area contributed by atoms with Crippen molar-refractivity contribution >= 4 is 0 Å². The molecule has 1 aliphatic rings. The van der Waals surface area contributed by atoms with Gasteiger partial charge in [0.25, 0.3) is 0 Å². The van der Waals surface area contributed by atoms with E-state index in [1.807, 2.05) is 0 Å². The van der Waals surface area contributed by atoms with Gasteiger partial charge >= 0.3 is 0 Å². The lowest BCUT2D eigenvalue weighted by molar-refractivity contribution is -0.687. The van der Waals surface area contributed by atoms with Gasteiger partial charge in [-0.15, -0.1) is 0 Å². The third-order valence-corrected chi connectivity index (χ3v) is 15.1. The highest BCUT2D eigenvalue weighted by Gasteiger charge is 2.26. The number of nitrogens with zero attached hydrogens (tertiary/aromatic N) is 4. The van der Waals surface area contributed by atoms with Crippen molar-refractivity contribution in [2.24, 2.45) is 0 Å². The first kappa shape index (κ1) is 63.0. The highest BCUT2D eigenvalue weighted by molar-refractivity contribution is 5.59. The van der Waals surface area contributed by atoms with Crippen molar-refractivity contribution in [2.45, 2.75) is 147 Å². The van der Waals surface area contributed by atoms with Crippen molar-refractivity contribution in [3.8, 4) is 34.4 Å². The molecule has 0 radical (unpaired) electrons. The molecule has 0 unspecified atom stereocenters. The van der Waals surface area contributed by atoms with E-state index in [4.69, 9.17) is 28.4 Å². The van der Waals surface area contributed by atoms with Crippen LogP contribution in [0.4, 0.5) is 0 Å². The number of methoxy groups -OCH3 is 2. The van der Waals surface area contributed by atoms with Gasteiger partial charge in [-0.1, -0.05) is 63.1 Å². The highest BCUT2D eigenvalue weighted by atomic mass is 35.5. The maximum absolute atomic E-state index is 7.04. The van der Waals surface area contributed by atoms with E-state index in [0.29, 0.717) is 78.4 Å². The number of aromatic nitrogens is 4. The molecule has 10 nitrogen and oxygen atoms in total. The molecule has 0 aliphatic heterocycles. The number of aryl methyl sites for hydroxylation is 6. The van der Waals surface area contributed by atoms with Gasteiger partial charge in [0.2, 0.25) is 12.7 Å². The van der Waals surface area contributed by atoms with E-state index in [1.165, 1.54) is 55.9 Å². The lowest BCUT2D eigenvalue weighted by Crippen LogP contribution is -3.00. The molecule has 0 spiro atoms. The second kappa shape index (κ2) is 29.1. The summed E-state index contributed by atoms with van der Waals surface area (Å²) >= 11 is 0. The summed E-state index contributed by atoms with van der Waals surface area (Å²) in [6.45, 7) is 26.4. The van der Waals surface area contributed by atoms with Crippen molar-refractivity contribution in [1.82, 2.24) is 9.13 Å². The molecule has 436 valence electrons. The van der Waals surface area contributed by atoms with Gasteiger partial charge < -0.3 is 53.2 Å². The molecule has 82 heavy (non-hydrogen) atoms. The molecule has 6 aromatic carbocycles. The summed E-state index contributed by atoms with van der Waals surface area (Å²) < 4.78 is 49.2. The molecular weight excluding hydrogens is 1060 g/mol. The van der Waals surface area contributed by atoms with Gasteiger partial charge in [-0.2, -0.15) is 0 Å².